The lowest BCUT2D eigenvalue weighted by Crippen LogP contribution is -2.40. The average Bonchev–Trinajstić information content (AvgIpc) is 2.75. The molecule has 3 aromatic carbocycles. The van der Waals surface area contributed by atoms with E-state index in [0.29, 0.717) is 16.5 Å². The normalized spacial score (nSPS) is 12.6. The maximum absolute atomic E-state index is 13.1. The molecule has 30 heavy (non-hydrogen) atoms. The van der Waals surface area contributed by atoms with Gasteiger partial charge in [-0.1, -0.05) is 74.0 Å². The monoisotopic (exact) mass is 419 g/mol. The predicted octanol–water partition coefficient (Wildman–Crippen LogP) is 6.45. The van der Waals surface area contributed by atoms with Crippen molar-refractivity contribution in [2.24, 2.45) is 11.3 Å². The third kappa shape index (κ3) is 4.82. The van der Waals surface area contributed by atoms with E-state index in [2.05, 4.69) is 6.07 Å². The fraction of sp³-hybridized carbons (Fsp3) is 0.200. The van der Waals surface area contributed by atoms with Crippen LogP contribution >= 0.6 is 11.6 Å². The summed E-state index contributed by atoms with van der Waals surface area (Å²) in [5.74, 6) is 0.395. The number of ether oxygens (including phenoxy) is 2. The highest BCUT2D eigenvalue weighted by atomic mass is 35.5. The maximum atomic E-state index is 13.1. The maximum Gasteiger partial charge on any atom is 0.332 e. The van der Waals surface area contributed by atoms with Crippen LogP contribution in [0.5, 0.6) is 17.2 Å². The number of carbonyl (C=O) groups excluding carboxylic acids is 1. The minimum Gasteiger partial charge on any atom is -0.456 e. The van der Waals surface area contributed by atoms with Gasteiger partial charge in [0.2, 0.25) is 0 Å². The molecular weight excluding hydrogens is 398 g/mol. The van der Waals surface area contributed by atoms with Crippen LogP contribution in [0, 0.1) is 22.7 Å². The molecule has 0 fully saturated rings. The number of nitrogens with zero attached hydrogens (tertiary/aromatic N) is 1. The summed E-state index contributed by atoms with van der Waals surface area (Å²) >= 11 is 6.24. The minimum atomic E-state index is -1.32. The van der Waals surface area contributed by atoms with Crippen molar-refractivity contribution in [1.82, 2.24) is 0 Å². The van der Waals surface area contributed by atoms with Gasteiger partial charge in [0.25, 0.3) is 0 Å². The van der Waals surface area contributed by atoms with Gasteiger partial charge in [0.15, 0.2) is 5.41 Å². The summed E-state index contributed by atoms with van der Waals surface area (Å²) in [5.41, 5.74) is -0.421. The first-order valence-corrected chi connectivity index (χ1v) is 10.0. The van der Waals surface area contributed by atoms with Crippen LogP contribution in [-0.4, -0.2) is 5.97 Å². The molecule has 0 N–H and O–H groups in total. The van der Waals surface area contributed by atoms with Crippen LogP contribution in [0.25, 0.3) is 0 Å². The average molecular weight is 420 g/mol. The Morgan fingerprint density at radius 3 is 2.23 bits per heavy atom. The molecule has 1 unspecified atom stereocenters. The molecule has 0 bridgehead atoms. The van der Waals surface area contributed by atoms with Gasteiger partial charge in [-0.05, 0) is 35.7 Å². The molecule has 4 nitrogen and oxygen atoms in total. The molecule has 1 atom stereocenters. The molecule has 0 aliphatic rings. The molecular formula is C25H22ClNO3. The van der Waals surface area contributed by atoms with Crippen molar-refractivity contribution in [2.45, 2.75) is 20.3 Å². The molecule has 3 rings (SSSR count). The summed E-state index contributed by atoms with van der Waals surface area (Å²) in [7, 11) is 0. The summed E-state index contributed by atoms with van der Waals surface area (Å²) in [4.78, 5) is 13.1. The SMILES string of the molecule is CC(C)C(C#N)(Cc1ccccc1)C(=O)Oc1ccc(Cl)c(Oc2ccccc2)c1. The van der Waals surface area contributed by atoms with Crippen LogP contribution < -0.4 is 9.47 Å². The van der Waals surface area contributed by atoms with E-state index in [1.165, 1.54) is 0 Å². The van der Waals surface area contributed by atoms with E-state index in [9.17, 15) is 10.1 Å². The molecule has 5 heteroatoms. The highest BCUT2D eigenvalue weighted by Crippen LogP contribution is 2.36. The van der Waals surface area contributed by atoms with E-state index in [4.69, 9.17) is 21.1 Å². The number of halogens is 1. The van der Waals surface area contributed by atoms with Gasteiger partial charge >= 0.3 is 5.97 Å². The summed E-state index contributed by atoms with van der Waals surface area (Å²) in [6, 6.07) is 25.6. The van der Waals surface area contributed by atoms with Gasteiger partial charge in [0, 0.05) is 12.5 Å². The second-order valence-corrected chi connectivity index (χ2v) is 7.70. The van der Waals surface area contributed by atoms with Crippen LogP contribution in [0.1, 0.15) is 19.4 Å². The van der Waals surface area contributed by atoms with Crippen LogP contribution in [-0.2, 0) is 11.2 Å². The fourth-order valence-electron chi connectivity index (χ4n) is 3.08. The van der Waals surface area contributed by atoms with Gasteiger partial charge in [-0.2, -0.15) is 5.26 Å². The summed E-state index contributed by atoms with van der Waals surface area (Å²) in [6.07, 6.45) is 0.266. The highest BCUT2D eigenvalue weighted by molar-refractivity contribution is 6.32. The Morgan fingerprint density at radius 1 is 1.00 bits per heavy atom. The lowest BCUT2D eigenvalue weighted by Gasteiger charge is -2.28. The summed E-state index contributed by atoms with van der Waals surface area (Å²) in [6.45, 7) is 3.69. The Morgan fingerprint density at radius 2 is 1.63 bits per heavy atom. The standard InChI is InChI=1S/C25H22ClNO3/c1-18(2)25(17-27,16-19-9-5-3-6-10-19)24(28)30-21-13-14-22(26)23(15-21)29-20-11-7-4-8-12-20/h3-15,18H,16H2,1-2H3. The third-order valence-corrected chi connectivity index (χ3v) is 5.27. The van der Waals surface area contributed by atoms with Crippen LogP contribution in [0.4, 0.5) is 0 Å². The van der Waals surface area contributed by atoms with Crippen LogP contribution in [0.3, 0.4) is 0 Å². The van der Waals surface area contributed by atoms with Crippen LogP contribution in [0.2, 0.25) is 5.02 Å². The van der Waals surface area contributed by atoms with E-state index in [1.807, 2.05) is 62.4 Å². The summed E-state index contributed by atoms with van der Waals surface area (Å²) in [5, 5.41) is 10.3. The third-order valence-electron chi connectivity index (χ3n) is 4.96. The number of carbonyl (C=O) groups is 1. The van der Waals surface area contributed by atoms with Gasteiger partial charge in [-0.25, -0.2) is 4.79 Å². The largest absolute Gasteiger partial charge is 0.456 e. The van der Waals surface area contributed by atoms with Crippen molar-refractivity contribution in [3.05, 3.63) is 89.4 Å². The van der Waals surface area contributed by atoms with Crippen LogP contribution in [0.15, 0.2) is 78.9 Å². The molecule has 3 aromatic rings. The molecule has 0 aliphatic carbocycles. The molecule has 0 radical (unpaired) electrons. The number of hydrogen-bond acceptors (Lipinski definition) is 4. The van der Waals surface area contributed by atoms with Gasteiger partial charge in [0.05, 0.1) is 11.1 Å². The van der Waals surface area contributed by atoms with Gasteiger partial charge in [-0.3, -0.25) is 0 Å². The first-order valence-electron chi connectivity index (χ1n) is 9.64. The number of hydrogen-bond donors (Lipinski definition) is 0. The van der Waals surface area contributed by atoms with Crippen molar-refractivity contribution in [1.29, 1.82) is 5.26 Å². The Labute approximate surface area is 181 Å². The molecule has 0 saturated heterocycles. The zero-order chi connectivity index (χ0) is 21.6. The molecule has 0 saturated carbocycles. The lowest BCUT2D eigenvalue weighted by atomic mass is 9.74. The molecule has 0 spiro atoms. The predicted molar refractivity (Wildman–Crippen MR) is 117 cm³/mol. The second-order valence-electron chi connectivity index (χ2n) is 7.30. The fourth-order valence-corrected chi connectivity index (χ4v) is 3.24. The summed E-state index contributed by atoms with van der Waals surface area (Å²) < 4.78 is 11.4. The Bertz CT molecular complexity index is 1040. The molecule has 152 valence electrons. The van der Waals surface area contributed by atoms with E-state index < -0.39 is 11.4 Å². The van der Waals surface area contributed by atoms with Crippen molar-refractivity contribution in [2.75, 3.05) is 0 Å². The quantitative estimate of drug-likeness (QED) is 0.326. The van der Waals surface area contributed by atoms with E-state index in [1.54, 1.807) is 30.3 Å². The second kappa shape index (κ2) is 9.47. The van der Waals surface area contributed by atoms with E-state index in [0.717, 1.165) is 5.56 Å². The topological polar surface area (TPSA) is 59.3 Å². The number of nitriles is 1. The van der Waals surface area contributed by atoms with E-state index >= 15 is 0 Å². The Balaban J connectivity index is 1.85. The molecule has 0 aliphatic heterocycles. The van der Waals surface area contributed by atoms with Gasteiger partial charge in [-0.15, -0.1) is 0 Å². The zero-order valence-electron chi connectivity index (χ0n) is 16.8. The number of esters is 1. The van der Waals surface area contributed by atoms with Crippen molar-refractivity contribution in [3.8, 4) is 23.3 Å². The number of rotatable bonds is 7. The molecule has 0 heterocycles. The molecule has 0 amide bonds. The lowest BCUT2D eigenvalue weighted by molar-refractivity contribution is -0.144. The zero-order valence-corrected chi connectivity index (χ0v) is 17.6. The smallest absolute Gasteiger partial charge is 0.332 e. The first kappa shape index (κ1) is 21.4. The van der Waals surface area contributed by atoms with E-state index in [-0.39, 0.29) is 18.1 Å². The Kier molecular flexibility index (Phi) is 6.76. The van der Waals surface area contributed by atoms with Crippen molar-refractivity contribution >= 4 is 17.6 Å². The van der Waals surface area contributed by atoms with Gasteiger partial charge < -0.3 is 9.47 Å². The minimum absolute atomic E-state index is 0.248. The Hall–Kier alpha value is -3.29. The highest BCUT2D eigenvalue weighted by Gasteiger charge is 2.44. The first-order chi connectivity index (χ1) is 14.4. The number of benzene rings is 3. The van der Waals surface area contributed by atoms with Crippen molar-refractivity contribution < 1.29 is 14.3 Å². The van der Waals surface area contributed by atoms with Gasteiger partial charge in [0.1, 0.15) is 17.2 Å². The van der Waals surface area contributed by atoms with Crippen molar-refractivity contribution in [3.63, 3.8) is 0 Å². The number of para-hydroxylation sites is 1. The molecule has 0 aromatic heterocycles.